The van der Waals surface area contributed by atoms with E-state index in [1.807, 2.05) is 30.5 Å². The highest BCUT2D eigenvalue weighted by Gasteiger charge is 2.23. The third kappa shape index (κ3) is 1.65. The van der Waals surface area contributed by atoms with E-state index in [1.54, 1.807) is 11.3 Å². The lowest BCUT2D eigenvalue weighted by molar-refractivity contribution is 0.340. The van der Waals surface area contributed by atoms with Crippen molar-refractivity contribution < 1.29 is 4.74 Å². The fourth-order valence-corrected chi connectivity index (χ4v) is 2.59. The Hall–Kier alpha value is -1.55. The van der Waals surface area contributed by atoms with E-state index < -0.39 is 0 Å². The van der Waals surface area contributed by atoms with Crippen LogP contribution >= 0.6 is 11.3 Å². The number of aromatic nitrogens is 1. The van der Waals surface area contributed by atoms with Gasteiger partial charge >= 0.3 is 0 Å². The molecule has 1 unspecified atom stereocenters. The molecule has 2 heterocycles. The number of ether oxygens (including phenoxy) is 1. The van der Waals surface area contributed by atoms with E-state index in [2.05, 4.69) is 16.4 Å². The first-order chi connectivity index (χ1) is 7.83. The average Bonchev–Trinajstić information content (AvgIpc) is 2.87. The van der Waals surface area contributed by atoms with E-state index in [0.717, 1.165) is 16.6 Å². The van der Waals surface area contributed by atoms with E-state index in [0.29, 0.717) is 6.61 Å². The van der Waals surface area contributed by atoms with Crippen molar-refractivity contribution >= 4 is 16.5 Å². The molecule has 16 heavy (non-hydrogen) atoms. The molecule has 0 bridgehead atoms. The zero-order chi connectivity index (χ0) is 11.0. The molecule has 2 aromatic rings. The van der Waals surface area contributed by atoms with Gasteiger partial charge in [-0.1, -0.05) is 18.2 Å². The molecular formula is C12H12N2OS. The minimum atomic E-state index is 0.224. The van der Waals surface area contributed by atoms with Crippen LogP contribution < -0.4 is 10.1 Å². The Bertz CT molecular complexity index is 509. The molecule has 1 aliphatic rings. The summed E-state index contributed by atoms with van der Waals surface area (Å²) in [6, 6.07) is 8.36. The predicted molar refractivity (Wildman–Crippen MR) is 65.2 cm³/mol. The molecule has 1 atom stereocenters. The minimum Gasteiger partial charge on any atom is -0.491 e. The largest absolute Gasteiger partial charge is 0.491 e. The molecule has 0 fully saturated rings. The van der Waals surface area contributed by atoms with Gasteiger partial charge in [0, 0.05) is 10.9 Å². The number of thiazole rings is 1. The average molecular weight is 232 g/mol. The molecule has 0 spiro atoms. The number of nitrogens with one attached hydrogen (secondary N) is 1. The zero-order valence-electron chi connectivity index (χ0n) is 8.93. The highest BCUT2D eigenvalue weighted by atomic mass is 32.1. The molecule has 0 amide bonds. The van der Waals surface area contributed by atoms with Crippen LogP contribution in [0.3, 0.4) is 0 Å². The Kier molecular flexibility index (Phi) is 2.29. The molecule has 0 aliphatic carbocycles. The Morgan fingerprint density at radius 3 is 3.12 bits per heavy atom. The van der Waals surface area contributed by atoms with Crippen LogP contribution in [-0.4, -0.2) is 11.6 Å². The quantitative estimate of drug-likeness (QED) is 0.864. The highest BCUT2D eigenvalue weighted by Crippen LogP contribution is 2.34. The summed E-state index contributed by atoms with van der Waals surface area (Å²) < 4.78 is 5.60. The van der Waals surface area contributed by atoms with E-state index in [9.17, 15) is 0 Å². The van der Waals surface area contributed by atoms with Gasteiger partial charge in [-0.25, -0.2) is 4.98 Å². The molecule has 0 saturated heterocycles. The molecular weight excluding hydrogens is 220 g/mol. The predicted octanol–water partition coefficient (Wildman–Crippen LogP) is 3.00. The Morgan fingerprint density at radius 1 is 1.44 bits per heavy atom. The third-order valence-electron chi connectivity index (χ3n) is 2.62. The van der Waals surface area contributed by atoms with E-state index in [1.165, 1.54) is 5.56 Å². The number of aryl methyl sites for hydroxylation is 1. The lowest BCUT2D eigenvalue weighted by Crippen LogP contribution is -2.11. The monoisotopic (exact) mass is 232 g/mol. The normalized spacial score (nSPS) is 17.9. The number of benzene rings is 1. The first-order valence-corrected chi connectivity index (χ1v) is 6.11. The second-order valence-electron chi connectivity index (χ2n) is 3.84. The smallest absolute Gasteiger partial charge is 0.183 e. The summed E-state index contributed by atoms with van der Waals surface area (Å²) in [5.41, 5.74) is 2.27. The van der Waals surface area contributed by atoms with E-state index in [-0.39, 0.29) is 6.04 Å². The summed E-state index contributed by atoms with van der Waals surface area (Å²) in [6.45, 7) is 2.68. The van der Waals surface area contributed by atoms with Gasteiger partial charge in [0.05, 0.1) is 11.7 Å². The van der Waals surface area contributed by atoms with Crippen LogP contribution in [0.1, 0.15) is 17.3 Å². The zero-order valence-corrected chi connectivity index (χ0v) is 9.75. The highest BCUT2D eigenvalue weighted by molar-refractivity contribution is 7.13. The molecule has 1 aliphatic heterocycles. The van der Waals surface area contributed by atoms with Crippen LogP contribution in [0, 0.1) is 6.92 Å². The van der Waals surface area contributed by atoms with Gasteiger partial charge in [-0.15, -0.1) is 11.3 Å². The molecule has 0 saturated carbocycles. The SMILES string of the molecule is Cc1csc(NC2COc3ccccc32)n1. The fraction of sp³-hybridized carbons (Fsp3) is 0.250. The second kappa shape index (κ2) is 3.79. The molecule has 1 N–H and O–H groups in total. The van der Waals surface area contributed by atoms with E-state index in [4.69, 9.17) is 4.74 Å². The van der Waals surface area contributed by atoms with Gasteiger partial charge in [0.1, 0.15) is 12.4 Å². The summed E-state index contributed by atoms with van der Waals surface area (Å²) >= 11 is 1.63. The van der Waals surface area contributed by atoms with Gasteiger partial charge in [-0.05, 0) is 13.0 Å². The fourth-order valence-electron chi connectivity index (χ4n) is 1.85. The minimum absolute atomic E-state index is 0.224. The summed E-state index contributed by atoms with van der Waals surface area (Å²) in [5, 5.41) is 6.41. The van der Waals surface area contributed by atoms with Gasteiger partial charge in [-0.2, -0.15) is 0 Å². The van der Waals surface area contributed by atoms with Crippen LogP contribution in [0.5, 0.6) is 5.75 Å². The molecule has 4 heteroatoms. The summed E-state index contributed by atoms with van der Waals surface area (Å²) in [4.78, 5) is 4.40. The standard InChI is InChI=1S/C12H12N2OS/c1-8-7-16-12(13-8)14-10-6-15-11-5-3-2-4-9(10)11/h2-5,7,10H,6H2,1H3,(H,13,14). The van der Waals surface area contributed by atoms with Gasteiger partial charge in [0.15, 0.2) is 5.13 Å². The molecule has 82 valence electrons. The maximum absolute atomic E-state index is 5.60. The van der Waals surface area contributed by atoms with Crippen LogP contribution in [-0.2, 0) is 0 Å². The number of anilines is 1. The molecule has 1 aromatic carbocycles. The molecule has 1 aromatic heterocycles. The topological polar surface area (TPSA) is 34.1 Å². The van der Waals surface area contributed by atoms with Gasteiger partial charge < -0.3 is 10.1 Å². The molecule has 0 radical (unpaired) electrons. The number of fused-ring (bicyclic) bond motifs is 1. The number of rotatable bonds is 2. The number of hydrogen-bond acceptors (Lipinski definition) is 4. The van der Waals surface area contributed by atoms with Crippen molar-refractivity contribution in [2.75, 3.05) is 11.9 Å². The second-order valence-corrected chi connectivity index (χ2v) is 4.70. The van der Waals surface area contributed by atoms with Crippen LogP contribution in [0.15, 0.2) is 29.6 Å². The van der Waals surface area contributed by atoms with Crippen molar-refractivity contribution in [2.45, 2.75) is 13.0 Å². The Labute approximate surface area is 98.1 Å². The van der Waals surface area contributed by atoms with Crippen LogP contribution in [0.2, 0.25) is 0 Å². The number of para-hydroxylation sites is 1. The maximum atomic E-state index is 5.60. The summed E-state index contributed by atoms with van der Waals surface area (Å²) in [7, 11) is 0. The third-order valence-corrected chi connectivity index (χ3v) is 3.51. The van der Waals surface area contributed by atoms with Gasteiger partial charge in [0.25, 0.3) is 0 Å². The van der Waals surface area contributed by atoms with Crippen molar-refractivity contribution in [3.63, 3.8) is 0 Å². The Balaban J connectivity index is 1.83. The van der Waals surface area contributed by atoms with Crippen molar-refractivity contribution in [3.05, 3.63) is 40.9 Å². The first kappa shape index (κ1) is 9.66. The van der Waals surface area contributed by atoms with Crippen molar-refractivity contribution in [2.24, 2.45) is 0 Å². The Morgan fingerprint density at radius 2 is 2.31 bits per heavy atom. The molecule has 3 nitrogen and oxygen atoms in total. The lowest BCUT2D eigenvalue weighted by Gasteiger charge is -2.09. The summed E-state index contributed by atoms with van der Waals surface area (Å²) in [5.74, 6) is 0.980. The summed E-state index contributed by atoms with van der Waals surface area (Å²) in [6.07, 6.45) is 0. The lowest BCUT2D eigenvalue weighted by atomic mass is 10.1. The van der Waals surface area contributed by atoms with Crippen LogP contribution in [0.25, 0.3) is 0 Å². The number of nitrogens with zero attached hydrogens (tertiary/aromatic N) is 1. The van der Waals surface area contributed by atoms with Crippen molar-refractivity contribution in [1.82, 2.24) is 4.98 Å². The maximum Gasteiger partial charge on any atom is 0.183 e. The van der Waals surface area contributed by atoms with Crippen molar-refractivity contribution in [3.8, 4) is 5.75 Å². The first-order valence-electron chi connectivity index (χ1n) is 5.23. The molecule has 3 rings (SSSR count). The van der Waals surface area contributed by atoms with E-state index >= 15 is 0 Å². The van der Waals surface area contributed by atoms with Gasteiger partial charge in [-0.3, -0.25) is 0 Å². The van der Waals surface area contributed by atoms with Crippen LogP contribution in [0.4, 0.5) is 5.13 Å². The van der Waals surface area contributed by atoms with Gasteiger partial charge in [0.2, 0.25) is 0 Å². The van der Waals surface area contributed by atoms with Crippen molar-refractivity contribution in [1.29, 1.82) is 0 Å². The number of hydrogen-bond donors (Lipinski definition) is 1.